The molecule has 6 rings (SSSR count). The van der Waals surface area contributed by atoms with Crippen LogP contribution in [0.25, 0.3) is 10.2 Å². The fraction of sp³-hybridized carbons (Fsp3) is 0.385. The molecule has 11 heteroatoms. The van der Waals surface area contributed by atoms with Crippen LogP contribution in [0.1, 0.15) is 34.3 Å². The van der Waals surface area contributed by atoms with Gasteiger partial charge < -0.3 is 15.1 Å². The van der Waals surface area contributed by atoms with Gasteiger partial charge in [-0.25, -0.2) is 13.8 Å². The number of nitrogens with zero attached hydrogens (tertiary/aromatic N) is 3. The van der Waals surface area contributed by atoms with Crippen molar-refractivity contribution >= 4 is 55.2 Å². The number of hydrogen-bond acceptors (Lipinski definition) is 5. The van der Waals surface area contributed by atoms with E-state index >= 15 is 0 Å². The molecule has 1 atom stereocenters. The Balaban J connectivity index is 1.17. The minimum Gasteiger partial charge on any atom is -0.355 e. The van der Waals surface area contributed by atoms with Crippen LogP contribution in [-0.4, -0.2) is 58.7 Å². The Morgan fingerprint density at radius 2 is 1.78 bits per heavy atom. The van der Waals surface area contributed by atoms with Gasteiger partial charge >= 0.3 is 0 Å². The lowest BCUT2D eigenvalue weighted by molar-refractivity contribution is -0.145. The molecule has 7 nitrogen and oxygen atoms in total. The second-order valence-corrected chi connectivity index (χ2v) is 12.2. The van der Waals surface area contributed by atoms with Crippen molar-refractivity contribution < 1.29 is 23.2 Å². The number of fused-ring (bicyclic) bond motifs is 2. The third-order valence-electron chi connectivity index (χ3n) is 8.00. The number of halogens is 3. The quantitative estimate of drug-likeness (QED) is 0.492. The van der Waals surface area contributed by atoms with Gasteiger partial charge in [0.2, 0.25) is 11.8 Å². The van der Waals surface area contributed by atoms with Crippen LogP contribution in [0.3, 0.4) is 0 Å². The van der Waals surface area contributed by atoms with Gasteiger partial charge in [-0.3, -0.25) is 14.4 Å². The molecule has 1 spiro atoms. The fourth-order valence-electron chi connectivity index (χ4n) is 5.90. The summed E-state index contributed by atoms with van der Waals surface area (Å²) in [6, 6.07) is 7.78. The third-order valence-corrected chi connectivity index (χ3v) is 9.47. The van der Waals surface area contributed by atoms with Crippen LogP contribution in [0.2, 0.25) is 0 Å². The predicted octanol–water partition coefficient (Wildman–Crippen LogP) is 3.89. The number of carbonyl (C=O) groups is 3. The monoisotopic (exact) mass is 588 g/mol. The maximum absolute atomic E-state index is 13.8. The standard InChI is InChI=1S/C26H23BrF2N4O3S/c27-25-31-20-2-1-15(11-21(20)37-25)22(34)32-7-4-26(5-8-32)17(12-30-24(26)36)23(35)33-6-3-14-9-18(28)19(29)10-16(14)13-33/h1-2,9-11,17H,3-8,12-13H2,(H,30,36). The first-order chi connectivity index (χ1) is 17.7. The molecule has 0 saturated carbocycles. The normalized spacial score (nSPS) is 20.8. The number of rotatable bonds is 2. The first kappa shape index (κ1) is 24.4. The van der Waals surface area contributed by atoms with Gasteiger partial charge in [-0.1, -0.05) is 0 Å². The molecular weight excluding hydrogens is 566 g/mol. The summed E-state index contributed by atoms with van der Waals surface area (Å²) < 4.78 is 29.1. The van der Waals surface area contributed by atoms with Crippen molar-refractivity contribution in [2.24, 2.45) is 11.3 Å². The van der Waals surface area contributed by atoms with Crippen molar-refractivity contribution in [2.45, 2.75) is 25.8 Å². The molecule has 192 valence electrons. The maximum Gasteiger partial charge on any atom is 0.253 e. The van der Waals surface area contributed by atoms with Crippen molar-refractivity contribution in [3.05, 3.63) is 62.6 Å². The summed E-state index contributed by atoms with van der Waals surface area (Å²) >= 11 is 4.83. The number of likely N-dealkylation sites (tertiary alicyclic amines) is 1. The predicted molar refractivity (Wildman–Crippen MR) is 137 cm³/mol. The van der Waals surface area contributed by atoms with E-state index in [1.807, 2.05) is 12.1 Å². The number of hydrogen-bond donors (Lipinski definition) is 1. The summed E-state index contributed by atoms with van der Waals surface area (Å²) in [5, 5.41) is 2.87. The molecule has 0 radical (unpaired) electrons. The van der Waals surface area contributed by atoms with E-state index in [4.69, 9.17) is 0 Å². The fourth-order valence-corrected chi connectivity index (χ4v) is 7.35. The number of carbonyl (C=O) groups excluding carboxylic acids is 3. The molecular formula is C26H23BrF2N4O3S. The van der Waals surface area contributed by atoms with E-state index in [-0.39, 0.29) is 30.8 Å². The van der Waals surface area contributed by atoms with Crippen LogP contribution in [0, 0.1) is 23.0 Å². The lowest BCUT2D eigenvalue weighted by Crippen LogP contribution is -2.52. The van der Waals surface area contributed by atoms with E-state index in [0.717, 1.165) is 20.2 Å². The molecule has 3 amide bonds. The number of benzene rings is 2. The van der Waals surface area contributed by atoms with Crippen LogP contribution in [-0.2, 0) is 22.6 Å². The van der Waals surface area contributed by atoms with Gasteiger partial charge in [0, 0.05) is 38.3 Å². The van der Waals surface area contributed by atoms with Crippen LogP contribution in [0.5, 0.6) is 0 Å². The molecule has 1 aromatic heterocycles. The van der Waals surface area contributed by atoms with Gasteiger partial charge in [0.15, 0.2) is 15.6 Å². The van der Waals surface area contributed by atoms with Crippen molar-refractivity contribution in [2.75, 3.05) is 26.2 Å². The lowest BCUT2D eigenvalue weighted by atomic mass is 9.69. The van der Waals surface area contributed by atoms with E-state index in [9.17, 15) is 23.2 Å². The molecule has 2 aromatic carbocycles. The zero-order valence-electron chi connectivity index (χ0n) is 19.7. The SMILES string of the molecule is O=C(c1ccc2nc(Br)sc2c1)N1CCC2(CC1)C(=O)NCC2C(=O)N1CCc2cc(F)c(F)cc2C1. The van der Waals surface area contributed by atoms with Gasteiger partial charge in [0.25, 0.3) is 5.91 Å². The molecule has 0 bridgehead atoms. The summed E-state index contributed by atoms with van der Waals surface area (Å²) in [6.07, 6.45) is 1.21. The lowest BCUT2D eigenvalue weighted by Gasteiger charge is -2.42. The van der Waals surface area contributed by atoms with Gasteiger partial charge in [0.1, 0.15) is 0 Å². The number of thiazole rings is 1. The number of amides is 3. The topological polar surface area (TPSA) is 82.6 Å². The van der Waals surface area contributed by atoms with Crippen LogP contribution >= 0.6 is 27.3 Å². The molecule has 3 aliphatic heterocycles. The van der Waals surface area contributed by atoms with E-state index in [1.165, 1.54) is 17.4 Å². The van der Waals surface area contributed by atoms with Crippen LogP contribution in [0.4, 0.5) is 8.78 Å². The molecule has 1 unspecified atom stereocenters. The summed E-state index contributed by atoms with van der Waals surface area (Å²) in [4.78, 5) is 47.6. The largest absolute Gasteiger partial charge is 0.355 e. The highest BCUT2D eigenvalue weighted by Gasteiger charge is 2.55. The third kappa shape index (κ3) is 4.12. The molecule has 3 aromatic rings. The average Bonchev–Trinajstić information content (AvgIpc) is 3.42. The average molecular weight is 589 g/mol. The summed E-state index contributed by atoms with van der Waals surface area (Å²) in [5.41, 5.74) is 1.81. The maximum atomic E-state index is 13.8. The van der Waals surface area contributed by atoms with E-state index in [2.05, 4.69) is 26.2 Å². The molecule has 2 saturated heterocycles. The molecule has 4 heterocycles. The van der Waals surface area contributed by atoms with Crippen molar-refractivity contribution in [1.29, 1.82) is 0 Å². The van der Waals surface area contributed by atoms with Crippen LogP contribution in [0.15, 0.2) is 34.2 Å². The van der Waals surface area contributed by atoms with E-state index < -0.39 is 23.0 Å². The first-order valence-electron chi connectivity index (χ1n) is 12.1. The Morgan fingerprint density at radius 3 is 2.54 bits per heavy atom. The molecule has 3 aliphatic rings. The van der Waals surface area contributed by atoms with Crippen molar-refractivity contribution in [3.8, 4) is 0 Å². The number of aromatic nitrogens is 1. The van der Waals surface area contributed by atoms with Gasteiger partial charge in [-0.2, -0.15) is 0 Å². The Morgan fingerprint density at radius 1 is 1.05 bits per heavy atom. The van der Waals surface area contributed by atoms with Gasteiger partial charge in [-0.05, 0) is 76.7 Å². The minimum absolute atomic E-state index is 0.107. The summed E-state index contributed by atoms with van der Waals surface area (Å²) in [7, 11) is 0. The van der Waals surface area contributed by atoms with Gasteiger partial charge in [-0.15, -0.1) is 11.3 Å². The second-order valence-electron chi connectivity index (χ2n) is 9.91. The Kier molecular flexibility index (Phi) is 6.02. The second kappa shape index (κ2) is 9.13. The van der Waals surface area contributed by atoms with Crippen molar-refractivity contribution in [1.82, 2.24) is 20.1 Å². The van der Waals surface area contributed by atoms with Crippen LogP contribution < -0.4 is 5.32 Å². The first-order valence-corrected chi connectivity index (χ1v) is 13.8. The highest BCUT2D eigenvalue weighted by Crippen LogP contribution is 2.44. The molecule has 2 fully saturated rings. The highest BCUT2D eigenvalue weighted by molar-refractivity contribution is 9.11. The number of piperidine rings is 1. The van der Waals surface area contributed by atoms with Gasteiger partial charge in [0.05, 0.1) is 21.5 Å². The Labute approximate surface area is 224 Å². The molecule has 0 aliphatic carbocycles. The van der Waals surface area contributed by atoms with Crippen molar-refractivity contribution in [3.63, 3.8) is 0 Å². The zero-order chi connectivity index (χ0) is 25.9. The Bertz CT molecular complexity index is 1450. The minimum atomic E-state index is -0.929. The summed E-state index contributed by atoms with van der Waals surface area (Å²) in [6.45, 7) is 1.55. The zero-order valence-corrected chi connectivity index (χ0v) is 22.1. The molecule has 1 N–H and O–H groups in total. The summed E-state index contributed by atoms with van der Waals surface area (Å²) in [5.74, 6) is -2.79. The van der Waals surface area contributed by atoms with E-state index in [0.29, 0.717) is 55.6 Å². The highest BCUT2D eigenvalue weighted by atomic mass is 79.9. The number of nitrogens with one attached hydrogen (secondary N) is 1. The van der Waals surface area contributed by atoms with E-state index in [1.54, 1.807) is 15.9 Å². The smallest absolute Gasteiger partial charge is 0.253 e. The Hall–Kier alpha value is -2.92. The molecule has 37 heavy (non-hydrogen) atoms.